The lowest BCUT2D eigenvalue weighted by Gasteiger charge is -2.48. The smallest absolute Gasteiger partial charge is 0.414 e. The Morgan fingerprint density at radius 3 is 2.73 bits per heavy atom. The van der Waals surface area contributed by atoms with Gasteiger partial charge >= 0.3 is 6.09 Å². The minimum absolute atomic E-state index is 0.00437. The molecule has 2 aliphatic heterocycles. The second-order valence-corrected chi connectivity index (χ2v) is 6.93. The van der Waals surface area contributed by atoms with Gasteiger partial charge in [-0.1, -0.05) is 6.92 Å². The molecule has 1 aromatic rings. The lowest BCUT2D eigenvalue weighted by Crippen LogP contribution is -2.55. The molecule has 8 heteroatoms. The molecule has 0 aromatic heterocycles. The van der Waals surface area contributed by atoms with Gasteiger partial charge in [0.05, 0.1) is 24.6 Å². The first-order chi connectivity index (χ1) is 12.4. The average Bonchev–Trinajstić information content (AvgIpc) is 2.97. The van der Waals surface area contributed by atoms with Crippen molar-refractivity contribution >= 4 is 23.4 Å². The Labute approximate surface area is 150 Å². The Bertz CT molecular complexity index is 700. The van der Waals surface area contributed by atoms with Gasteiger partial charge in [0.25, 0.3) is 0 Å². The molecule has 6 nitrogen and oxygen atoms in total. The number of nitrogens with two attached hydrogens (primary N) is 1. The number of primary amides is 1. The molecule has 2 saturated heterocycles. The molecule has 0 aliphatic carbocycles. The van der Waals surface area contributed by atoms with E-state index in [-0.39, 0.29) is 19.0 Å². The number of ether oxygens (including phenoxy) is 1. The normalized spacial score (nSPS) is 25.2. The van der Waals surface area contributed by atoms with E-state index in [1.165, 1.54) is 11.0 Å². The third kappa shape index (κ3) is 3.59. The monoisotopic (exact) mass is 367 g/mol. The van der Waals surface area contributed by atoms with Crippen molar-refractivity contribution in [1.29, 1.82) is 0 Å². The van der Waals surface area contributed by atoms with Crippen molar-refractivity contribution in [2.24, 2.45) is 11.7 Å². The van der Waals surface area contributed by atoms with Crippen LogP contribution in [0.15, 0.2) is 18.2 Å². The van der Waals surface area contributed by atoms with Crippen molar-refractivity contribution in [2.45, 2.75) is 38.3 Å². The van der Waals surface area contributed by atoms with E-state index in [1.807, 2.05) is 11.8 Å². The number of carbonyl (C=O) groups is 2. The lowest BCUT2D eigenvalue weighted by molar-refractivity contribution is -0.118. The van der Waals surface area contributed by atoms with Crippen LogP contribution in [0.4, 0.5) is 25.0 Å². The van der Waals surface area contributed by atoms with Gasteiger partial charge in [-0.25, -0.2) is 9.18 Å². The molecule has 0 spiro atoms. The van der Waals surface area contributed by atoms with E-state index in [0.717, 1.165) is 0 Å². The fraction of sp³-hybridized carbons (Fsp3) is 0.556. The summed E-state index contributed by atoms with van der Waals surface area (Å²) in [7, 11) is 0. The fourth-order valence-electron chi connectivity index (χ4n) is 3.65. The predicted octanol–water partition coefficient (Wildman–Crippen LogP) is 2.60. The van der Waals surface area contributed by atoms with Crippen LogP contribution in [-0.2, 0) is 9.53 Å². The molecule has 2 aliphatic rings. The molecule has 2 N–H and O–H groups in total. The minimum Gasteiger partial charge on any atom is -0.444 e. The fourth-order valence-corrected chi connectivity index (χ4v) is 3.65. The Kier molecular flexibility index (Phi) is 5.29. The Balaban J connectivity index is 1.70. The molecule has 3 rings (SSSR count). The summed E-state index contributed by atoms with van der Waals surface area (Å²) >= 11 is 0. The molecular weight excluding hydrogens is 344 g/mol. The largest absolute Gasteiger partial charge is 0.444 e. The van der Waals surface area contributed by atoms with Crippen LogP contribution in [0.1, 0.15) is 26.2 Å². The number of halogens is 2. The first-order valence-electron chi connectivity index (χ1n) is 8.79. The molecule has 2 heterocycles. The molecule has 142 valence electrons. The van der Waals surface area contributed by atoms with Gasteiger partial charge in [-0.15, -0.1) is 0 Å². The maximum absolute atomic E-state index is 14.6. The van der Waals surface area contributed by atoms with Crippen LogP contribution < -0.4 is 15.5 Å². The molecule has 0 radical (unpaired) electrons. The zero-order valence-corrected chi connectivity index (χ0v) is 14.7. The van der Waals surface area contributed by atoms with E-state index in [2.05, 4.69) is 0 Å². The van der Waals surface area contributed by atoms with E-state index < -0.39 is 30.6 Å². The predicted molar refractivity (Wildman–Crippen MR) is 93.3 cm³/mol. The zero-order chi connectivity index (χ0) is 18.8. The van der Waals surface area contributed by atoms with Crippen molar-refractivity contribution in [3.05, 3.63) is 24.0 Å². The summed E-state index contributed by atoms with van der Waals surface area (Å²) in [5.74, 6) is -0.586. The number of amides is 2. The van der Waals surface area contributed by atoms with Gasteiger partial charge in [0.1, 0.15) is 11.9 Å². The second-order valence-electron chi connectivity index (χ2n) is 6.93. The molecule has 2 fully saturated rings. The average molecular weight is 367 g/mol. The van der Waals surface area contributed by atoms with Gasteiger partial charge < -0.3 is 15.4 Å². The highest BCUT2D eigenvalue weighted by Crippen LogP contribution is 2.36. The first-order valence-corrected chi connectivity index (χ1v) is 8.79. The maximum atomic E-state index is 14.6. The van der Waals surface area contributed by atoms with E-state index in [4.69, 9.17) is 10.5 Å². The number of hydrogen-bond donors (Lipinski definition) is 1. The van der Waals surface area contributed by atoms with Crippen LogP contribution in [0.2, 0.25) is 0 Å². The maximum Gasteiger partial charge on any atom is 0.414 e. The summed E-state index contributed by atoms with van der Waals surface area (Å²) in [6, 6.07) is 4.57. The number of nitrogens with zero attached hydrogens (tertiary/aromatic N) is 2. The second kappa shape index (κ2) is 7.47. The first kappa shape index (κ1) is 18.4. The Morgan fingerprint density at radius 1 is 1.35 bits per heavy atom. The molecule has 0 saturated carbocycles. The van der Waals surface area contributed by atoms with Gasteiger partial charge in [-0.05, 0) is 37.0 Å². The third-order valence-electron chi connectivity index (χ3n) is 5.09. The van der Waals surface area contributed by atoms with Crippen LogP contribution >= 0.6 is 0 Å². The van der Waals surface area contributed by atoms with Gasteiger partial charge in [0.2, 0.25) is 5.91 Å². The number of cyclic esters (lactones) is 1. The summed E-state index contributed by atoms with van der Waals surface area (Å²) in [6.07, 6.45) is -0.165. The van der Waals surface area contributed by atoms with E-state index in [1.54, 1.807) is 12.1 Å². The van der Waals surface area contributed by atoms with Gasteiger partial charge in [-0.2, -0.15) is 0 Å². The van der Waals surface area contributed by atoms with Crippen LogP contribution in [-0.4, -0.2) is 43.9 Å². The summed E-state index contributed by atoms with van der Waals surface area (Å²) in [4.78, 5) is 26.1. The van der Waals surface area contributed by atoms with Gasteiger partial charge in [0.15, 0.2) is 0 Å². The van der Waals surface area contributed by atoms with Crippen LogP contribution in [0, 0.1) is 11.7 Å². The molecule has 2 amide bonds. The number of alkyl halides is 1. The zero-order valence-electron chi connectivity index (χ0n) is 14.7. The topological polar surface area (TPSA) is 75.9 Å². The Hall–Kier alpha value is -2.38. The van der Waals surface area contributed by atoms with Crippen molar-refractivity contribution in [2.75, 3.05) is 29.6 Å². The summed E-state index contributed by atoms with van der Waals surface area (Å²) in [5.41, 5.74) is 5.92. The number of hydrogen-bond acceptors (Lipinski definition) is 4. The number of benzene rings is 1. The highest BCUT2D eigenvalue weighted by molar-refractivity contribution is 5.90. The molecule has 0 bridgehead atoms. The molecule has 26 heavy (non-hydrogen) atoms. The lowest BCUT2D eigenvalue weighted by atomic mass is 9.87. The summed E-state index contributed by atoms with van der Waals surface area (Å²) in [6.45, 7) is 2.52. The van der Waals surface area contributed by atoms with Crippen molar-refractivity contribution in [3.8, 4) is 0 Å². The van der Waals surface area contributed by atoms with E-state index in [9.17, 15) is 18.4 Å². The SMILES string of the molecule is CC1CN(c2ccc(N3CC(CCC(N)=O)OC3=O)cc2F)C1CCF. The van der Waals surface area contributed by atoms with Crippen LogP contribution in [0.3, 0.4) is 0 Å². The third-order valence-corrected chi connectivity index (χ3v) is 5.09. The molecule has 1 aromatic carbocycles. The minimum atomic E-state index is -0.570. The van der Waals surface area contributed by atoms with Crippen molar-refractivity contribution in [1.82, 2.24) is 0 Å². The van der Waals surface area contributed by atoms with Gasteiger partial charge in [-0.3, -0.25) is 14.1 Å². The van der Waals surface area contributed by atoms with E-state index >= 15 is 0 Å². The van der Waals surface area contributed by atoms with Crippen molar-refractivity contribution in [3.63, 3.8) is 0 Å². The summed E-state index contributed by atoms with van der Waals surface area (Å²) < 4.78 is 32.5. The van der Waals surface area contributed by atoms with E-state index in [0.29, 0.717) is 36.7 Å². The standard InChI is InChI=1S/C18H23F2N3O3/c1-11-9-23(15(11)6-7-19)16-4-2-12(8-14(16)20)22-10-13(26-18(22)25)3-5-17(21)24/h2,4,8,11,13,15H,3,5-7,9-10H2,1H3,(H2,21,24). The number of anilines is 2. The van der Waals surface area contributed by atoms with Gasteiger partial charge in [0, 0.05) is 19.0 Å². The summed E-state index contributed by atoms with van der Waals surface area (Å²) in [5, 5.41) is 0. The highest BCUT2D eigenvalue weighted by Gasteiger charge is 2.37. The quantitative estimate of drug-likeness (QED) is 0.804. The molecule has 3 unspecified atom stereocenters. The molecule has 3 atom stereocenters. The number of carbonyl (C=O) groups excluding carboxylic acids is 2. The van der Waals surface area contributed by atoms with Crippen LogP contribution in [0.25, 0.3) is 0 Å². The molecular formula is C18H23F2N3O3. The number of rotatable bonds is 7. The van der Waals surface area contributed by atoms with Crippen molar-refractivity contribution < 1.29 is 23.1 Å². The Morgan fingerprint density at radius 2 is 2.12 bits per heavy atom. The highest BCUT2D eigenvalue weighted by atomic mass is 19.1. The van der Waals surface area contributed by atoms with Crippen LogP contribution in [0.5, 0.6) is 0 Å².